The Morgan fingerprint density at radius 1 is 0.970 bits per heavy atom. The van der Waals surface area contributed by atoms with E-state index in [-0.39, 0.29) is 35.5 Å². The van der Waals surface area contributed by atoms with Crippen molar-refractivity contribution >= 4 is 5.91 Å². The van der Waals surface area contributed by atoms with Crippen molar-refractivity contribution in [2.24, 2.45) is 5.92 Å². The highest BCUT2D eigenvalue weighted by Crippen LogP contribution is 2.48. The summed E-state index contributed by atoms with van der Waals surface area (Å²) in [4.78, 5) is 15.4. The van der Waals surface area contributed by atoms with Crippen molar-refractivity contribution in [1.82, 2.24) is 15.8 Å². The number of aromatic hydroxyl groups is 1. The van der Waals surface area contributed by atoms with E-state index < -0.39 is 6.04 Å². The molecule has 33 heavy (non-hydrogen) atoms. The number of carbonyl (C=O) groups is 1. The Balaban J connectivity index is 1.48. The Labute approximate surface area is 192 Å². The summed E-state index contributed by atoms with van der Waals surface area (Å²) in [5, 5.41) is 10.5. The lowest BCUT2D eigenvalue weighted by Gasteiger charge is -2.31. The molecule has 4 unspecified atom stereocenters. The van der Waals surface area contributed by atoms with Gasteiger partial charge in [-0.15, -0.1) is 0 Å². The van der Waals surface area contributed by atoms with E-state index >= 15 is 0 Å². The summed E-state index contributed by atoms with van der Waals surface area (Å²) in [7, 11) is 1.63. The van der Waals surface area contributed by atoms with Crippen LogP contribution in [-0.2, 0) is 11.2 Å². The van der Waals surface area contributed by atoms with E-state index in [2.05, 4.69) is 10.9 Å². The molecule has 5 rings (SSSR count). The van der Waals surface area contributed by atoms with Crippen molar-refractivity contribution in [1.29, 1.82) is 0 Å². The third kappa shape index (κ3) is 3.94. The molecule has 1 amide bonds. The molecule has 3 aromatic carbocycles. The largest absolute Gasteiger partial charge is 0.508 e. The topological polar surface area (TPSA) is 73.8 Å². The molecule has 3 aromatic rings. The summed E-state index contributed by atoms with van der Waals surface area (Å²) in [6.07, 6.45) is 0.682. The lowest BCUT2D eigenvalue weighted by molar-refractivity contribution is -0.130. The number of hydrogen-bond donors (Lipinski definition) is 3. The van der Waals surface area contributed by atoms with Crippen molar-refractivity contribution in [2.45, 2.75) is 24.5 Å². The first kappa shape index (κ1) is 21.4. The Hall–Kier alpha value is -3.42. The molecule has 2 saturated heterocycles. The maximum absolute atomic E-state index is 13.7. The first-order valence-electron chi connectivity index (χ1n) is 11.0. The number of fused-ring (bicyclic) bond motifs is 1. The molecule has 2 aliphatic rings. The quantitative estimate of drug-likeness (QED) is 0.540. The minimum atomic E-state index is -0.444. The minimum absolute atomic E-state index is 0.00624. The molecule has 0 aliphatic carbocycles. The second-order valence-electron chi connectivity index (χ2n) is 8.51. The van der Waals surface area contributed by atoms with Gasteiger partial charge in [0, 0.05) is 18.0 Å². The van der Waals surface area contributed by atoms with Crippen molar-refractivity contribution < 1.29 is 19.0 Å². The number of para-hydroxylation sites is 1. The summed E-state index contributed by atoms with van der Waals surface area (Å²) >= 11 is 0. The number of nitrogens with zero attached hydrogens (tertiary/aromatic N) is 1. The predicted octanol–water partition coefficient (Wildman–Crippen LogP) is 3.50. The Morgan fingerprint density at radius 3 is 2.36 bits per heavy atom. The monoisotopic (exact) mass is 447 g/mol. The van der Waals surface area contributed by atoms with Gasteiger partial charge < -0.3 is 14.7 Å². The number of nitrogens with one attached hydrogen (secondary N) is 2. The second kappa shape index (κ2) is 8.84. The van der Waals surface area contributed by atoms with Gasteiger partial charge in [0.15, 0.2) is 0 Å². The van der Waals surface area contributed by atoms with Crippen molar-refractivity contribution in [3.8, 4) is 11.5 Å². The fourth-order valence-corrected chi connectivity index (χ4v) is 5.07. The van der Waals surface area contributed by atoms with Crippen LogP contribution in [-0.4, -0.2) is 35.6 Å². The molecule has 170 valence electrons. The summed E-state index contributed by atoms with van der Waals surface area (Å²) in [6, 6.07) is 20.3. The number of methoxy groups -OCH3 is 1. The minimum Gasteiger partial charge on any atom is -0.508 e. The number of amides is 1. The van der Waals surface area contributed by atoms with Crippen LogP contribution in [0, 0.1) is 11.7 Å². The highest BCUT2D eigenvalue weighted by atomic mass is 19.1. The van der Waals surface area contributed by atoms with Crippen molar-refractivity contribution in [3.63, 3.8) is 0 Å². The fraction of sp³-hybridized carbons (Fsp3) is 0.269. The van der Waals surface area contributed by atoms with Crippen LogP contribution < -0.4 is 15.6 Å². The number of rotatable bonds is 6. The van der Waals surface area contributed by atoms with E-state index in [9.17, 15) is 14.3 Å². The van der Waals surface area contributed by atoms with Crippen LogP contribution in [0.25, 0.3) is 0 Å². The van der Waals surface area contributed by atoms with Crippen LogP contribution in [0.5, 0.6) is 11.5 Å². The molecule has 2 fully saturated rings. The molecule has 0 radical (unpaired) electrons. The van der Waals surface area contributed by atoms with Crippen molar-refractivity contribution in [3.05, 3.63) is 95.3 Å². The second-order valence-corrected chi connectivity index (χ2v) is 8.51. The molecule has 7 heteroatoms. The van der Waals surface area contributed by atoms with E-state index in [4.69, 9.17) is 4.74 Å². The summed E-state index contributed by atoms with van der Waals surface area (Å²) < 4.78 is 18.9. The average Bonchev–Trinajstić information content (AvgIpc) is 3.38. The van der Waals surface area contributed by atoms with E-state index in [0.29, 0.717) is 13.0 Å². The normalized spacial score (nSPS) is 24.2. The van der Waals surface area contributed by atoms with E-state index in [1.54, 1.807) is 31.4 Å². The molecule has 4 atom stereocenters. The number of carbonyl (C=O) groups excluding carboxylic acids is 1. The van der Waals surface area contributed by atoms with Gasteiger partial charge in [-0.3, -0.25) is 4.79 Å². The Bertz CT molecular complexity index is 1140. The highest BCUT2D eigenvalue weighted by molar-refractivity contribution is 5.86. The number of halogens is 1. The van der Waals surface area contributed by atoms with Crippen molar-refractivity contribution in [2.75, 3.05) is 13.7 Å². The molecule has 0 saturated carbocycles. The number of phenolic OH excluding ortho intramolecular Hbond substituents is 1. The zero-order chi connectivity index (χ0) is 22.9. The van der Waals surface area contributed by atoms with E-state index in [1.807, 2.05) is 41.3 Å². The van der Waals surface area contributed by atoms with Crippen LogP contribution in [0.3, 0.4) is 0 Å². The van der Waals surface area contributed by atoms with Crippen LogP contribution in [0.2, 0.25) is 0 Å². The first-order valence-corrected chi connectivity index (χ1v) is 11.0. The zero-order valence-electron chi connectivity index (χ0n) is 18.2. The number of ether oxygens (including phenoxy) is 1. The molecule has 0 bridgehead atoms. The van der Waals surface area contributed by atoms with Gasteiger partial charge in [-0.25, -0.2) is 15.2 Å². The van der Waals surface area contributed by atoms with Gasteiger partial charge in [0.2, 0.25) is 5.91 Å². The smallest absolute Gasteiger partial charge is 0.242 e. The summed E-state index contributed by atoms with van der Waals surface area (Å²) in [5.41, 5.74) is 9.08. The van der Waals surface area contributed by atoms with Gasteiger partial charge in [-0.05, 0) is 47.9 Å². The molecule has 0 aromatic heterocycles. The predicted molar refractivity (Wildman–Crippen MR) is 122 cm³/mol. The molecule has 6 nitrogen and oxygen atoms in total. The molecule has 2 aliphatic heterocycles. The number of benzene rings is 3. The van der Waals surface area contributed by atoms with Gasteiger partial charge in [0.25, 0.3) is 0 Å². The third-order valence-electron chi connectivity index (χ3n) is 6.70. The fourth-order valence-electron chi connectivity index (χ4n) is 5.07. The SMILES string of the molecule is COc1ccc(CCN2C(=O)C3NNC(c4ccccc4O)C3C2c2ccc(F)cc2)cc1. The molecule has 0 spiro atoms. The molecule has 3 N–H and O–H groups in total. The standard InChI is InChI=1S/C26H26FN3O3/c1-33-19-12-6-16(7-13-19)14-15-30-25(17-8-10-18(27)11-9-17)22-23(28-29-24(22)26(30)32)20-4-2-3-5-21(20)31/h2-13,22-25,28-29,31H,14-15H2,1H3. The number of phenols is 1. The molecular formula is C26H26FN3O3. The van der Waals surface area contributed by atoms with Gasteiger partial charge in [0.05, 0.1) is 19.2 Å². The average molecular weight is 448 g/mol. The number of likely N-dealkylation sites (tertiary alicyclic amines) is 1. The van der Waals surface area contributed by atoms with Crippen LogP contribution in [0.15, 0.2) is 72.8 Å². The van der Waals surface area contributed by atoms with E-state index in [1.165, 1.54) is 12.1 Å². The first-order chi connectivity index (χ1) is 16.1. The van der Waals surface area contributed by atoms with E-state index in [0.717, 1.165) is 22.4 Å². The Morgan fingerprint density at radius 2 is 1.67 bits per heavy atom. The van der Waals surface area contributed by atoms with Gasteiger partial charge >= 0.3 is 0 Å². The van der Waals surface area contributed by atoms with Gasteiger partial charge in [0.1, 0.15) is 23.4 Å². The maximum Gasteiger partial charge on any atom is 0.242 e. The Kier molecular flexibility index (Phi) is 5.74. The summed E-state index contributed by atoms with van der Waals surface area (Å²) in [5.74, 6) is 0.472. The lowest BCUT2D eigenvalue weighted by Crippen LogP contribution is -2.42. The highest BCUT2D eigenvalue weighted by Gasteiger charge is 2.55. The van der Waals surface area contributed by atoms with Gasteiger partial charge in [-0.1, -0.05) is 42.5 Å². The summed E-state index contributed by atoms with van der Waals surface area (Å²) in [6.45, 7) is 0.523. The van der Waals surface area contributed by atoms with Gasteiger partial charge in [-0.2, -0.15) is 0 Å². The van der Waals surface area contributed by atoms with Crippen LogP contribution in [0.1, 0.15) is 28.8 Å². The van der Waals surface area contributed by atoms with Crippen LogP contribution in [0.4, 0.5) is 4.39 Å². The molecular weight excluding hydrogens is 421 g/mol. The van der Waals surface area contributed by atoms with Crippen LogP contribution >= 0.6 is 0 Å². The zero-order valence-corrected chi connectivity index (χ0v) is 18.2. The number of hydrogen-bond acceptors (Lipinski definition) is 5. The molecule has 2 heterocycles. The number of hydrazine groups is 1. The third-order valence-corrected chi connectivity index (χ3v) is 6.70. The maximum atomic E-state index is 13.7. The lowest BCUT2D eigenvalue weighted by atomic mass is 9.83.